The third-order valence-corrected chi connectivity index (χ3v) is 4.44. The fourth-order valence-corrected chi connectivity index (χ4v) is 3.06. The van der Waals surface area contributed by atoms with Crippen LogP contribution < -0.4 is 11.1 Å². The van der Waals surface area contributed by atoms with Gasteiger partial charge in [-0.1, -0.05) is 18.2 Å². The Morgan fingerprint density at radius 3 is 2.75 bits per heavy atom. The van der Waals surface area contributed by atoms with E-state index < -0.39 is 11.7 Å². The van der Waals surface area contributed by atoms with Gasteiger partial charge in [-0.3, -0.25) is 14.8 Å². The Kier molecular flexibility index (Phi) is 4.72. The smallest absolute Gasteiger partial charge is 0.408 e. The Labute approximate surface area is 159 Å². The average molecular weight is 377 g/mol. The fraction of sp³-hybridized carbons (Fsp3) is 0.0952. The normalized spacial score (nSPS) is 12.0. The van der Waals surface area contributed by atoms with E-state index in [0.717, 1.165) is 5.56 Å². The molecule has 4 rings (SSSR count). The molecule has 0 saturated carbocycles. The number of anilines is 1. The first-order valence-corrected chi connectivity index (χ1v) is 8.66. The number of halogens is 1. The van der Waals surface area contributed by atoms with Crippen molar-refractivity contribution in [1.82, 2.24) is 9.97 Å². The summed E-state index contributed by atoms with van der Waals surface area (Å²) < 4.78 is 18.4. The predicted molar refractivity (Wildman–Crippen MR) is 103 cm³/mol. The van der Waals surface area contributed by atoms with Crippen LogP contribution in [0, 0.1) is 5.82 Å². The van der Waals surface area contributed by atoms with E-state index in [1.165, 1.54) is 12.1 Å². The van der Waals surface area contributed by atoms with Crippen LogP contribution in [0.3, 0.4) is 0 Å². The number of carbonyl (C=O) groups is 1. The van der Waals surface area contributed by atoms with Gasteiger partial charge in [-0.25, -0.2) is 9.18 Å². The first-order chi connectivity index (χ1) is 13.6. The number of benzene rings is 2. The van der Waals surface area contributed by atoms with Crippen molar-refractivity contribution in [2.24, 2.45) is 0 Å². The van der Waals surface area contributed by atoms with Crippen molar-refractivity contribution in [1.29, 1.82) is 0 Å². The molecule has 4 aromatic rings. The number of hydrogen-bond donors (Lipinski definition) is 2. The third-order valence-electron chi connectivity index (χ3n) is 4.44. The zero-order valence-corrected chi connectivity index (χ0v) is 14.7. The number of aromatic amines is 1. The molecule has 1 amide bonds. The second-order valence-corrected chi connectivity index (χ2v) is 6.38. The number of fused-ring (bicyclic) bond motifs is 1. The molecule has 2 N–H and O–H groups in total. The highest BCUT2D eigenvalue weighted by Gasteiger charge is 2.22. The predicted octanol–water partition coefficient (Wildman–Crippen LogP) is 3.62. The van der Waals surface area contributed by atoms with E-state index in [-0.39, 0.29) is 11.7 Å². The van der Waals surface area contributed by atoms with Crippen molar-refractivity contribution >= 4 is 22.7 Å². The molecule has 28 heavy (non-hydrogen) atoms. The number of nitrogens with zero attached hydrogens (tertiary/aromatic N) is 1. The monoisotopic (exact) mass is 377 g/mol. The highest BCUT2D eigenvalue weighted by molar-refractivity contribution is 5.97. The number of rotatable bonds is 5. The summed E-state index contributed by atoms with van der Waals surface area (Å²) in [6.07, 6.45) is 3.77. The van der Waals surface area contributed by atoms with Crippen LogP contribution >= 0.6 is 0 Å². The molecule has 0 aliphatic heterocycles. The number of nitrogens with one attached hydrogen (secondary N) is 2. The molecule has 6 nitrogen and oxygen atoms in total. The summed E-state index contributed by atoms with van der Waals surface area (Å²) in [6, 6.07) is 14.5. The Morgan fingerprint density at radius 1 is 1.18 bits per heavy atom. The SMILES string of the molecule is O=C(Nc1ccc2[nH]c(=O)oc2c1)C(Cc1cccnc1)c1ccc(F)cc1. The number of pyridine rings is 1. The lowest BCUT2D eigenvalue weighted by Crippen LogP contribution is -2.23. The van der Waals surface area contributed by atoms with E-state index in [9.17, 15) is 14.0 Å². The van der Waals surface area contributed by atoms with Gasteiger partial charge in [-0.05, 0) is 47.9 Å². The maximum absolute atomic E-state index is 13.3. The van der Waals surface area contributed by atoms with Gasteiger partial charge in [0, 0.05) is 24.1 Å². The number of oxazole rings is 1. The van der Waals surface area contributed by atoms with Crippen LogP contribution in [0.4, 0.5) is 10.1 Å². The Balaban J connectivity index is 1.62. The minimum atomic E-state index is -0.556. The maximum atomic E-state index is 13.3. The summed E-state index contributed by atoms with van der Waals surface area (Å²) >= 11 is 0. The molecule has 7 heteroatoms. The van der Waals surface area contributed by atoms with Gasteiger partial charge in [-0.15, -0.1) is 0 Å². The van der Waals surface area contributed by atoms with Crippen LogP contribution in [0.25, 0.3) is 11.1 Å². The summed E-state index contributed by atoms with van der Waals surface area (Å²) in [6.45, 7) is 0. The minimum Gasteiger partial charge on any atom is -0.408 e. The first-order valence-electron chi connectivity index (χ1n) is 8.66. The highest BCUT2D eigenvalue weighted by Crippen LogP contribution is 2.24. The molecule has 2 heterocycles. The first kappa shape index (κ1) is 17.7. The molecule has 1 unspecified atom stereocenters. The minimum absolute atomic E-state index is 0.257. The summed E-state index contributed by atoms with van der Waals surface area (Å²) in [4.78, 5) is 31.0. The summed E-state index contributed by atoms with van der Waals surface area (Å²) in [5, 5.41) is 2.85. The van der Waals surface area contributed by atoms with Crippen molar-refractivity contribution in [3.05, 3.63) is 94.5 Å². The average Bonchev–Trinajstić information content (AvgIpc) is 3.07. The highest BCUT2D eigenvalue weighted by atomic mass is 19.1. The van der Waals surface area contributed by atoms with Crippen molar-refractivity contribution in [3.63, 3.8) is 0 Å². The van der Waals surface area contributed by atoms with Crippen LogP contribution in [-0.4, -0.2) is 15.9 Å². The van der Waals surface area contributed by atoms with Gasteiger partial charge in [0.25, 0.3) is 0 Å². The van der Waals surface area contributed by atoms with Gasteiger partial charge in [0.2, 0.25) is 5.91 Å². The molecule has 1 atom stereocenters. The number of H-pyrrole nitrogens is 1. The summed E-state index contributed by atoms with van der Waals surface area (Å²) in [7, 11) is 0. The molecular formula is C21H16FN3O3. The molecule has 2 aromatic carbocycles. The van der Waals surface area contributed by atoms with E-state index in [2.05, 4.69) is 15.3 Å². The van der Waals surface area contributed by atoms with E-state index in [1.807, 2.05) is 6.07 Å². The van der Waals surface area contributed by atoms with E-state index in [4.69, 9.17) is 4.42 Å². The van der Waals surface area contributed by atoms with Gasteiger partial charge in [0.1, 0.15) is 5.82 Å². The molecular weight excluding hydrogens is 361 g/mol. The van der Waals surface area contributed by atoms with Crippen LogP contribution in [0.5, 0.6) is 0 Å². The molecule has 0 aliphatic carbocycles. The lowest BCUT2D eigenvalue weighted by Gasteiger charge is -2.17. The molecule has 0 bridgehead atoms. The van der Waals surface area contributed by atoms with Gasteiger partial charge >= 0.3 is 5.76 Å². The topological polar surface area (TPSA) is 88.0 Å². The van der Waals surface area contributed by atoms with Crippen LogP contribution in [0.1, 0.15) is 17.0 Å². The quantitative estimate of drug-likeness (QED) is 0.556. The van der Waals surface area contributed by atoms with Gasteiger partial charge in [0.15, 0.2) is 5.58 Å². The Morgan fingerprint density at radius 2 is 2.00 bits per heavy atom. The van der Waals surface area contributed by atoms with E-state index >= 15 is 0 Å². The number of aromatic nitrogens is 2. The van der Waals surface area contributed by atoms with Crippen molar-refractivity contribution < 1.29 is 13.6 Å². The number of carbonyl (C=O) groups excluding carboxylic acids is 1. The third kappa shape index (κ3) is 3.83. The second-order valence-electron chi connectivity index (χ2n) is 6.38. The Hall–Kier alpha value is -3.74. The standard InChI is InChI=1S/C21H16FN3O3/c22-15-5-3-14(4-6-15)17(10-13-2-1-9-23-12-13)20(26)24-16-7-8-18-19(11-16)28-21(27)25-18/h1-9,11-12,17H,10H2,(H,24,26)(H,25,27). The van der Waals surface area contributed by atoms with E-state index in [1.54, 1.807) is 48.8 Å². The van der Waals surface area contributed by atoms with Gasteiger partial charge in [0.05, 0.1) is 11.4 Å². The zero-order valence-electron chi connectivity index (χ0n) is 14.7. The summed E-state index contributed by atoms with van der Waals surface area (Å²) in [5.74, 6) is -1.72. The number of hydrogen-bond acceptors (Lipinski definition) is 4. The lowest BCUT2D eigenvalue weighted by atomic mass is 9.91. The van der Waals surface area contributed by atoms with E-state index in [0.29, 0.717) is 28.8 Å². The van der Waals surface area contributed by atoms with Crippen LogP contribution in [-0.2, 0) is 11.2 Å². The molecule has 0 radical (unpaired) electrons. The molecule has 0 aliphatic rings. The van der Waals surface area contributed by atoms with Crippen LogP contribution in [0.15, 0.2) is 76.2 Å². The molecule has 140 valence electrons. The van der Waals surface area contributed by atoms with Gasteiger partial charge in [-0.2, -0.15) is 0 Å². The zero-order chi connectivity index (χ0) is 19.5. The largest absolute Gasteiger partial charge is 0.417 e. The molecule has 0 fully saturated rings. The summed E-state index contributed by atoms with van der Waals surface area (Å²) in [5.41, 5.74) is 2.98. The molecule has 0 saturated heterocycles. The van der Waals surface area contributed by atoms with Crippen LogP contribution in [0.2, 0.25) is 0 Å². The fourth-order valence-electron chi connectivity index (χ4n) is 3.06. The van der Waals surface area contributed by atoms with Crippen molar-refractivity contribution in [2.45, 2.75) is 12.3 Å². The van der Waals surface area contributed by atoms with Gasteiger partial charge < -0.3 is 9.73 Å². The molecule has 0 spiro atoms. The maximum Gasteiger partial charge on any atom is 0.417 e. The molecule has 2 aromatic heterocycles. The second kappa shape index (κ2) is 7.48. The van der Waals surface area contributed by atoms with Crippen molar-refractivity contribution in [3.8, 4) is 0 Å². The number of amides is 1. The van der Waals surface area contributed by atoms with Crippen molar-refractivity contribution in [2.75, 3.05) is 5.32 Å². The Bertz CT molecular complexity index is 1170. The lowest BCUT2D eigenvalue weighted by molar-refractivity contribution is -0.117.